The van der Waals surface area contributed by atoms with Crippen LogP contribution in [-0.2, 0) is 22.8 Å². The van der Waals surface area contributed by atoms with E-state index in [0.29, 0.717) is 16.0 Å². The minimum absolute atomic E-state index is 0.146. The van der Waals surface area contributed by atoms with E-state index in [0.717, 1.165) is 11.9 Å². The third-order valence-corrected chi connectivity index (χ3v) is 5.90. The maximum absolute atomic E-state index is 12.9. The van der Waals surface area contributed by atoms with Gasteiger partial charge in [-0.25, -0.2) is 4.79 Å². The van der Waals surface area contributed by atoms with Crippen molar-refractivity contribution in [3.05, 3.63) is 27.7 Å². The Labute approximate surface area is 159 Å². The first-order valence-corrected chi connectivity index (χ1v) is 8.86. The number of carbonyl (C=O) groups excluding carboxylic acids is 2. The van der Waals surface area contributed by atoms with Gasteiger partial charge in [-0.1, -0.05) is 11.6 Å². The summed E-state index contributed by atoms with van der Waals surface area (Å²) in [6, 6.07) is -1.08. The second-order valence-corrected chi connectivity index (χ2v) is 7.41. The fraction of sp³-hybridized carbons (Fsp3) is 0.429. The Bertz CT molecular complexity index is 898. The highest BCUT2D eigenvalue weighted by Gasteiger charge is 2.54. The van der Waals surface area contributed by atoms with Crippen molar-refractivity contribution in [2.45, 2.75) is 24.5 Å². The zero-order valence-corrected chi connectivity index (χ0v) is 15.4. The smallest absolute Gasteiger partial charge is 0.436 e. The van der Waals surface area contributed by atoms with Gasteiger partial charge >= 0.3 is 12.1 Å². The van der Waals surface area contributed by atoms with Gasteiger partial charge in [0, 0.05) is 12.8 Å². The number of hydrogen-bond donors (Lipinski definition) is 2. The van der Waals surface area contributed by atoms with Gasteiger partial charge in [-0.15, -0.1) is 11.8 Å². The molecular formula is C14H12ClF3N4O4S. The zero-order chi connectivity index (χ0) is 20.3. The van der Waals surface area contributed by atoms with Gasteiger partial charge in [0.15, 0.2) is 5.69 Å². The van der Waals surface area contributed by atoms with E-state index in [2.05, 4.69) is 10.4 Å². The van der Waals surface area contributed by atoms with Crippen LogP contribution < -0.4 is 5.32 Å². The van der Waals surface area contributed by atoms with Gasteiger partial charge in [0.1, 0.15) is 27.8 Å². The number of aryl methyl sites for hydroxylation is 1. The Morgan fingerprint density at radius 2 is 2.04 bits per heavy atom. The van der Waals surface area contributed by atoms with Crippen molar-refractivity contribution in [3.63, 3.8) is 0 Å². The Morgan fingerprint density at radius 1 is 1.41 bits per heavy atom. The number of rotatable bonds is 3. The minimum atomic E-state index is -4.84. The van der Waals surface area contributed by atoms with Crippen molar-refractivity contribution in [1.82, 2.24) is 20.0 Å². The highest BCUT2D eigenvalue weighted by atomic mass is 35.5. The van der Waals surface area contributed by atoms with E-state index in [4.69, 9.17) is 11.6 Å². The Morgan fingerprint density at radius 3 is 2.56 bits per heavy atom. The fourth-order valence-electron chi connectivity index (χ4n) is 2.91. The second kappa shape index (κ2) is 6.44. The third-order valence-electron chi connectivity index (χ3n) is 4.12. The SMILES string of the molecule is CC1=C(C(=O)O)N2C(=O)C(NC(=O)c3c(Cl)c(C(F)(F)F)nn3C)C2SC1. The van der Waals surface area contributed by atoms with Crippen LogP contribution in [0.5, 0.6) is 0 Å². The molecule has 27 heavy (non-hydrogen) atoms. The van der Waals surface area contributed by atoms with Crippen LogP contribution in [0.1, 0.15) is 23.1 Å². The summed E-state index contributed by atoms with van der Waals surface area (Å²) < 4.78 is 39.3. The van der Waals surface area contributed by atoms with Crippen LogP contribution in [0.15, 0.2) is 11.3 Å². The highest BCUT2D eigenvalue weighted by molar-refractivity contribution is 8.00. The minimum Gasteiger partial charge on any atom is -0.477 e. The molecular weight excluding hydrogens is 413 g/mol. The number of carboxylic acids is 1. The molecule has 1 aromatic heterocycles. The summed E-state index contributed by atoms with van der Waals surface area (Å²) in [7, 11) is 1.12. The Kier molecular flexibility index (Phi) is 4.67. The predicted molar refractivity (Wildman–Crippen MR) is 87.9 cm³/mol. The van der Waals surface area contributed by atoms with Gasteiger partial charge in [0.05, 0.1) is 0 Å². The molecule has 146 valence electrons. The van der Waals surface area contributed by atoms with Gasteiger partial charge < -0.3 is 10.4 Å². The molecule has 0 saturated carbocycles. The molecule has 2 amide bonds. The molecule has 0 spiro atoms. The lowest BCUT2D eigenvalue weighted by Gasteiger charge is -2.49. The fourth-order valence-corrected chi connectivity index (χ4v) is 4.56. The summed E-state index contributed by atoms with van der Waals surface area (Å²) in [5.41, 5.74) is -1.59. The first-order valence-electron chi connectivity index (χ1n) is 7.43. The van der Waals surface area contributed by atoms with Crippen LogP contribution in [0, 0.1) is 0 Å². The lowest BCUT2D eigenvalue weighted by molar-refractivity contribution is -0.148. The number of β-lactam (4-membered cyclic amide) rings is 1. The average molecular weight is 425 g/mol. The second-order valence-electron chi connectivity index (χ2n) is 5.93. The number of alkyl halides is 3. The number of thioether (sulfide) groups is 1. The number of carbonyl (C=O) groups is 3. The van der Waals surface area contributed by atoms with E-state index in [1.807, 2.05) is 0 Å². The van der Waals surface area contributed by atoms with Crippen molar-refractivity contribution in [2.75, 3.05) is 5.75 Å². The molecule has 2 atom stereocenters. The normalized spacial score (nSPS) is 22.4. The molecule has 3 rings (SSSR count). The monoisotopic (exact) mass is 424 g/mol. The van der Waals surface area contributed by atoms with Crippen LogP contribution in [0.2, 0.25) is 5.02 Å². The maximum atomic E-state index is 12.9. The number of nitrogens with zero attached hydrogens (tertiary/aromatic N) is 3. The molecule has 2 unspecified atom stereocenters. The molecule has 2 N–H and O–H groups in total. The highest BCUT2D eigenvalue weighted by Crippen LogP contribution is 2.40. The first kappa shape index (κ1) is 19.5. The van der Waals surface area contributed by atoms with Crippen molar-refractivity contribution in [3.8, 4) is 0 Å². The third kappa shape index (κ3) is 3.06. The first-order chi connectivity index (χ1) is 12.4. The summed E-state index contributed by atoms with van der Waals surface area (Å²) in [6.07, 6.45) is -4.84. The number of nitrogens with one attached hydrogen (secondary N) is 1. The molecule has 8 nitrogen and oxygen atoms in total. The van der Waals surface area contributed by atoms with Gasteiger partial charge in [0.25, 0.3) is 11.8 Å². The van der Waals surface area contributed by atoms with E-state index in [1.54, 1.807) is 6.92 Å². The molecule has 13 heteroatoms. The average Bonchev–Trinajstić information content (AvgIpc) is 2.86. The van der Waals surface area contributed by atoms with Crippen LogP contribution in [0.25, 0.3) is 0 Å². The summed E-state index contributed by atoms with van der Waals surface area (Å²) in [5.74, 6) is -2.59. The number of aliphatic carboxylic acids is 1. The molecule has 1 fully saturated rings. The standard InChI is InChI=1S/C14H12ClF3N4O4S/c1-4-3-27-12-6(11(24)22(12)7(4)13(25)26)19-10(23)8-5(15)9(14(16,17)18)20-21(8)2/h6,12H,3H2,1-2H3,(H,19,23)(H,25,26). The van der Waals surface area contributed by atoms with E-state index in [1.165, 1.54) is 11.8 Å². The summed E-state index contributed by atoms with van der Waals surface area (Å²) >= 11 is 6.90. The summed E-state index contributed by atoms with van der Waals surface area (Å²) in [4.78, 5) is 37.1. The topological polar surface area (TPSA) is 105 Å². The molecule has 2 aliphatic heterocycles. The van der Waals surface area contributed by atoms with Gasteiger partial charge in [0.2, 0.25) is 0 Å². The van der Waals surface area contributed by atoms with Gasteiger partial charge in [-0.3, -0.25) is 19.2 Å². The number of hydrogen-bond acceptors (Lipinski definition) is 5. The molecule has 2 aliphatic rings. The molecule has 3 heterocycles. The van der Waals surface area contributed by atoms with Crippen molar-refractivity contribution >= 4 is 41.1 Å². The molecule has 1 saturated heterocycles. The molecule has 0 radical (unpaired) electrons. The molecule has 0 aliphatic carbocycles. The maximum Gasteiger partial charge on any atom is 0.436 e. The summed E-state index contributed by atoms with van der Waals surface area (Å²) in [5, 5.41) is 13.3. The van der Waals surface area contributed by atoms with Crippen LogP contribution >= 0.6 is 23.4 Å². The van der Waals surface area contributed by atoms with E-state index in [-0.39, 0.29) is 5.70 Å². The van der Waals surface area contributed by atoms with Crippen molar-refractivity contribution in [2.24, 2.45) is 7.05 Å². The summed E-state index contributed by atoms with van der Waals surface area (Å²) in [6.45, 7) is 1.58. The molecule has 0 aromatic carbocycles. The lowest BCUT2D eigenvalue weighted by atomic mass is 10.0. The quantitative estimate of drug-likeness (QED) is 0.712. The van der Waals surface area contributed by atoms with Gasteiger partial charge in [-0.2, -0.15) is 18.3 Å². The number of fused-ring (bicyclic) bond motifs is 1. The number of aromatic nitrogens is 2. The predicted octanol–water partition coefficient (Wildman–Crippen LogP) is 1.46. The van der Waals surface area contributed by atoms with Gasteiger partial charge in [-0.05, 0) is 12.5 Å². The number of carboxylic acid groups (broad SMARTS) is 1. The van der Waals surface area contributed by atoms with E-state index in [9.17, 15) is 32.7 Å². The van der Waals surface area contributed by atoms with Crippen LogP contribution in [0.4, 0.5) is 13.2 Å². The van der Waals surface area contributed by atoms with Crippen LogP contribution in [0.3, 0.4) is 0 Å². The molecule has 1 aromatic rings. The Hall–Kier alpha value is -2.21. The van der Waals surface area contributed by atoms with E-state index < -0.39 is 51.8 Å². The zero-order valence-electron chi connectivity index (χ0n) is 13.8. The van der Waals surface area contributed by atoms with Crippen molar-refractivity contribution in [1.29, 1.82) is 0 Å². The number of amides is 2. The largest absolute Gasteiger partial charge is 0.477 e. The van der Waals surface area contributed by atoms with E-state index >= 15 is 0 Å². The Balaban J connectivity index is 1.83. The van der Waals surface area contributed by atoms with Crippen molar-refractivity contribution < 1.29 is 32.7 Å². The van der Waals surface area contributed by atoms with Crippen LogP contribution in [-0.4, -0.2) is 54.7 Å². The number of halogens is 4. The lowest BCUT2D eigenvalue weighted by Crippen LogP contribution is -2.70. The molecule has 0 bridgehead atoms.